The molecule has 0 aliphatic heterocycles. The van der Waals surface area contributed by atoms with E-state index in [1.165, 1.54) is 31.2 Å². The summed E-state index contributed by atoms with van der Waals surface area (Å²) in [6.45, 7) is 3.55. The minimum atomic E-state index is 0.822. The molecule has 1 aliphatic rings. The zero-order valence-electron chi connectivity index (χ0n) is 11.5. The van der Waals surface area contributed by atoms with E-state index in [1.807, 2.05) is 12.1 Å². The van der Waals surface area contributed by atoms with Crippen molar-refractivity contribution in [2.24, 2.45) is 17.8 Å². The minimum absolute atomic E-state index is 0.822. The van der Waals surface area contributed by atoms with Crippen molar-refractivity contribution >= 4 is 11.6 Å². The molecule has 0 saturated heterocycles. The monoisotopic (exact) mass is 265 g/mol. The van der Waals surface area contributed by atoms with Gasteiger partial charge in [-0.2, -0.15) is 0 Å². The van der Waals surface area contributed by atoms with E-state index in [0.29, 0.717) is 0 Å². The Morgan fingerprint density at radius 2 is 1.89 bits per heavy atom. The van der Waals surface area contributed by atoms with Crippen molar-refractivity contribution in [3.63, 3.8) is 0 Å². The van der Waals surface area contributed by atoms with E-state index in [4.69, 9.17) is 11.6 Å². The van der Waals surface area contributed by atoms with Gasteiger partial charge in [0.05, 0.1) is 0 Å². The third-order valence-electron chi connectivity index (χ3n) is 4.28. The van der Waals surface area contributed by atoms with Gasteiger partial charge >= 0.3 is 0 Å². The molecule has 0 radical (unpaired) electrons. The van der Waals surface area contributed by atoms with Gasteiger partial charge in [-0.25, -0.2) is 0 Å². The summed E-state index contributed by atoms with van der Waals surface area (Å²) in [5.41, 5.74) is 1.43. The molecule has 1 fully saturated rings. The molecule has 1 aliphatic carbocycles. The molecule has 100 valence electrons. The van der Waals surface area contributed by atoms with Gasteiger partial charge in [0.25, 0.3) is 0 Å². The quantitative estimate of drug-likeness (QED) is 0.862. The lowest BCUT2D eigenvalue weighted by molar-refractivity contribution is 0.186. The van der Waals surface area contributed by atoms with Crippen LogP contribution in [0.2, 0.25) is 5.02 Å². The maximum Gasteiger partial charge on any atom is 0.0406 e. The number of hydrogen-bond acceptors (Lipinski definition) is 1. The number of halogens is 1. The number of benzene rings is 1. The summed E-state index contributed by atoms with van der Waals surface area (Å²) in [5.74, 6) is 2.54. The molecule has 1 aromatic carbocycles. The van der Waals surface area contributed by atoms with Gasteiger partial charge < -0.3 is 5.32 Å². The third kappa shape index (κ3) is 3.73. The molecule has 1 nitrogen and oxygen atoms in total. The maximum absolute atomic E-state index is 5.95. The fraction of sp³-hybridized carbons (Fsp3) is 0.625. The van der Waals surface area contributed by atoms with E-state index in [9.17, 15) is 0 Å². The van der Waals surface area contributed by atoms with Crippen molar-refractivity contribution < 1.29 is 0 Å². The lowest BCUT2D eigenvalue weighted by Crippen LogP contribution is -2.32. The summed E-state index contributed by atoms with van der Waals surface area (Å²) in [6.07, 6.45) is 5.34. The first-order chi connectivity index (χ1) is 8.69. The summed E-state index contributed by atoms with van der Waals surface area (Å²) in [7, 11) is 2.07. The molecule has 2 rings (SSSR count). The Balaban J connectivity index is 2.01. The molecule has 1 N–H and O–H groups in total. The first-order valence-electron chi connectivity index (χ1n) is 7.08. The van der Waals surface area contributed by atoms with E-state index in [1.54, 1.807) is 0 Å². The zero-order chi connectivity index (χ0) is 13.0. The van der Waals surface area contributed by atoms with Crippen molar-refractivity contribution in [3.05, 3.63) is 34.9 Å². The smallest absolute Gasteiger partial charge is 0.0406 e. The van der Waals surface area contributed by atoms with Crippen molar-refractivity contribution in [2.75, 3.05) is 13.6 Å². The molecule has 18 heavy (non-hydrogen) atoms. The van der Waals surface area contributed by atoms with Crippen LogP contribution < -0.4 is 5.32 Å². The van der Waals surface area contributed by atoms with Crippen LogP contribution >= 0.6 is 11.6 Å². The van der Waals surface area contributed by atoms with Gasteiger partial charge in [-0.15, -0.1) is 0 Å². The molecule has 3 unspecified atom stereocenters. The Morgan fingerprint density at radius 3 is 2.56 bits per heavy atom. The van der Waals surface area contributed by atoms with Crippen molar-refractivity contribution in [1.29, 1.82) is 0 Å². The predicted octanol–water partition coefficient (Wildman–Crippen LogP) is 4.15. The van der Waals surface area contributed by atoms with Crippen LogP contribution in [0.1, 0.15) is 31.7 Å². The molecule has 0 spiro atoms. The Morgan fingerprint density at radius 1 is 1.17 bits per heavy atom. The molecule has 1 saturated carbocycles. The van der Waals surface area contributed by atoms with E-state index >= 15 is 0 Å². The number of hydrogen-bond donors (Lipinski definition) is 1. The maximum atomic E-state index is 5.95. The molecule has 0 aromatic heterocycles. The van der Waals surface area contributed by atoms with E-state index in [-0.39, 0.29) is 0 Å². The van der Waals surface area contributed by atoms with Gasteiger partial charge in [-0.05, 0) is 68.3 Å². The zero-order valence-corrected chi connectivity index (χ0v) is 12.2. The minimum Gasteiger partial charge on any atom is -0.319 e. The number of rotatable bonds is 4. The highest BCUT2D eigenvalue weighted by Crippen LogP contribution is 2.35. The summed E-state index contributed by atoms with van der Waals surface area (Å²) < 4.78 is 0. The highest BCUT2D eigenvalue weighted by Gasteiger charge is 2.28. The van der Waals surface area contributed by atoms with E-state index in [0.717, 1.165) is 29.3 Å². The first-order valence-corrected chi connectivity index (χ1v) is 7.46. The fourth-order valence-corrected chi connectivity index (χ4v) is 3.39. The fourth-order valence-electron chi connectivity index (χ4n) is 3.27. The lowest BCUT2D eigenvalue weighted by atomic mass is 9.72. The standard InChI is InChI=1S/C16H24ClN/c1-12-3-6-14(11-18-2)15(9-12)10-13-4-7-16(17)8-5-13/h4-5,7-8,12,14-15,18H,3,6,9-11H2,1-2H3. The molecule has 0 heterocycles. The second-order valence-corrected chi connectivity index (χ2v) is 6.26. The van der Waals surface area contributed by atoms with Crippen LogP contribution in [0.5, 0.6) is 0 Å². The van der Waals surface area contributed by atoms with Gasteiger partial charge in [-0.1, -0.05) is 37.1 Å². The Hall–Kier alpha value is -0.530. The second-order valence-electron chi connectivity index (χ2n) is 5.83. The molecule has 3 atom stereocenters. The number of nitrogens with one attached hydrogen (secondary N) is 1. The van der Waals surface area contributed by atoms with Crippen LogP contribution in [0.15, 0.2) is 24.3 Å². The second kappa shape index (κ2) is 6.58. The van der Waals surface area contributed by atoms with Crippen molar-refractivity contribution in [1.82, 2.24) is 5.32 Å². The van der Waals surface area contributed by atoms with Crippen LogP contribution in [0.25, 0.3) is 0 Å². The topological polar surface area (TPSA) is 12.0 Å². The molecule has 2 heteroatoms. The predicted molar refractivity (Wildman–Crippen MR) is 79.1 cm³/mol. The largest absolute Gasteiger partial charge is 0.319 e. The normalized spacial score (nSPS) is 28.3. The Kier molecular flexibility index (Phi) is 5.08. The molecule has 1 aromatic rings. The molecule has 0 bridgehead atoms. The van der Waals surface area contributed by atoms with Gasteiger partial charge in [0.15, 0.2) is 0 Å². The van der Waals surface area contributed by atoms with Crippen molar-refractivity contribution in [3.8, 4) is 0 Å². The van der Waals surface area contributed by atoms with Crippen LogP contribution in [0, 0.1) is 17.8 Å². The molecule has 0 amide bonds. The molecular formula is C16H24ClN. The van der Waals surface area contributed by atoms with Gasteiger partial charge in [0, 0.05) is 5.02 Å². The van der Waals surface area contributed by atoms with Crippen LogP contribution in [-0.4, -0.2) is 13.6 Å². The average molecular weight is 266 g/mol. The lowest BCUT2D eigenvalue weighted by Gasteiger charge is -2.35. The van der Waals surface area contributed by atoms with Gasteiger partial charge in [0.1, 0.15) is 0 Å². The van der Waals surface area contributed by atoms with Crippen LogP contribution in [0.4, 0.5) is 0 Å². The SMILES string of the molecule is CNCC1CCC(C)CC1Cc1ccc(Cl)cc1. The average Bonchev–Trinajstić information content (AvgIpc) is 2.36. The van der Waals surface area contributed by atoms with Crippen LogP contribution in [-0.2, 0) is 6.42 Å². The van der Waals surface area contributed by atoms with E-state index < -0.39 is 0 Å². The third-order valence-corrected chi connectivity index (χ3v) is 4.53. The Labute approximate surface area is 116 Å². The summed E-state index contributed by atoms with van der Waals surface area (Å²) >= 11 is 5.95. The summed E-state index contributed by atoms with van der Waals surface area (Å²) in [6, 6.07) is 8.38. The summed E-state index contributed by atoms with van der Waals surface area (Å²) in [5, 5.41) is 4.19. The highest BCUT2D eigenvalue weighted by atomic mass is 35.5. The summed E-state index contributed by atoms with van der Waals surface area (Å²) in [4.78, 5) is 0. The van der Waals surface area contributed by atoms with E-state index in [2.05, 4.69) is 31.4 Å². The van der Waals surface area contributed by atoms with Crippen LogP contribution in [0.3, 0.4) is 0 Å². The highest BCUT2D eigenvalue weighted by molar-refractivity contribution is 6.30. The Bertz CT molecular complexity index is 360. The first kappa shape index (κ1) is 13.9. The van der Waals surface area contributed by atoms with Gasteiger partial charge in [-0.3, -0.25) is 0 Å². The van der Waals surface area contributed by atoms with Gasteiger partial charge in [0.2, 0.25) is 0 Å². The van der Waals surface area contributed by atoms with Crippen molar-refractivity contribution in [2.45, 2.75) is 32.6 Å². The molecular weight excluding hydrogens is 242 g/mol.